The summed E-state index contributed by atoms with van der Waals surface area (Å²) in [5.74, 6) is 0.877. The Labute approximate surface area is 94.2 Å². The Morgan fingerprint density at radius 3 is 2.67 bits per heavy atom. The molecule has 1 heterocycles. The van der Waals surface area contributed by atoms with E-state index in [9.17, 15) is 0 Å². The molecule has 0 bridgehead atoms. The lowest BCUT2D eigenvalue weighted by Crippen LogP contribution is -2.43. The Morgan fingerprint density at radius 1 is 1.27 bits per heavy atom. The van der Waals surface area contributed by atoms with Crippen molar-refractivity contribution in [3.8, 4) is 0 Å². The van der Waals surface area contributed by atoms with Gasteiger partial charge in [-0.15, -0.1) is 0 Å². The molecule has 2 fully saturated rings. The summed E-state index contributed by atoms with van der Waals surface area (Å²) >= 11 is 0. The number of hydrogen-bond donors (Lipinski definition) is 1. The van der Waals surface area contributed by atoms with E-state index in [1.54, 1.807) is 0 Å². The fourth-order valence-corrected chi connectivity index (χ4v) is 3.46. The van der Waals surface area contributed by atoms with Crippen LogP contribution in [-0.2, 0) is 0 Å². The third-order valence-electron chi connectivity index (χ3n) is 4.34. The first-order chi connectivity index (χ1) is 7.22. The van der Waals surface area contributed by atoms with Crippen molar-refractivity contribution in [1.29, 1.82) is 0 Å². The third-order valence-corrected chi connectivity index (χ3v) is 4.34. The molecule has 0 aromatic rings. The predicted molar refractivity (Wildman–Crippen MR) is 64.8 cm³/mol. The maximum absolute atomic E-state index is 6.46. The first-order valence-electron chi connectivity index (χ1n) is 6.73. The van der Waals surface area contributed by atoms with Gasteiger partial charge in [0.15, 0.2) is 0 Å². The van der Waals surface area contributed by atoms with E-state index in [2.05, 4.69) is 11.8 Å². The molecule has 0 radical (unpaired) electrons. The van der Waals surface area contributed by atoms with Gasteiger partial charge in [-0.05, 0) is 51.1 Å². The van der Waals surface area contributed by atoms with Crippen LogP contribution < -0.4 is 5.73 Å². The minimum atomic E-state index is 0.210. The van der Waals surface area contributed by atoms with Crippen LogP contribution in [0, 0.1) is 5.92 Å². The van der Waals surface area contributed by atoms with Crippen molar-refractivity contribution in [2.24, 2.45) is 11.7 Å². The molecule has 15 heavy (non-hydrogen) atoms. The molecule has 88 valence electrons. The Hall–Kier alpha value is -0.0800. The Morgan fingerprint density at radius 2 is 2.00 bits per heavy atom. The molecule has 1 atom stereocenters. The predicted octanol–water partition coefficient (Wildman–Crippen LogP) is 2.38. The van der Waals surface area contributed by atoms with E-state index in [-0.39, 0.29) is 5.54 Å². The van der Waals surface area contributed by atoms with E-state index in [0.29, 0.717) is 0 Å². The SMILES string of the molecule is CCN1CCCC(CC2(N)CCCC2)C1. The van der Waals surface area contributed by atoms with Crippen LogP contribution in [0.5, 0.6) is 0 Å². The summed E-state index contributed by atoms with van der Waals surface area (Å²) < 4.78 is 0. The molecule has 2 aliphatic rings. The van der Waals surface area contributed by atoms with E-state index in [0.717, 1.165) is 5.92 Å². The van der Waals surface area contributed by atoms with Gasteiger partial charge in [0, 0.05) is 12.1 Å². The molecular formula is C13H26N2. The highest BCUT2D eigenvalue weighted by Crippen LogP contribution is 2.35. The molecule has 1 aliphatic carbocycles. The van der Waals surface area contributed by atoms with Crippen LogP contribution in [0.4, 0.5) is 0 Å². The first-order valence-corrected chi connectivity index (χ1v) is 6.73. The molecule has 2 nitrogen and oxygen atoms in total. The highest BCUT2D eigenvalue weighted by atomic mass is 15.1. The quantitative estimate of drug-likeness (QED) is 0.775. The topological polar surface area (TPSA) is 29.3 Å². The molecule has 0 amide bonds. The fourth-order valence-electron chi connectivity index (χ4n) is 3.46. The Bertz CT molecular complexity index is 197. The number of nitrogens with two attached hydrogens (primary N) is 1. The summed E-state index contributed by atoms with van der Waals surface area (Å²) in [6.45, 7) is 6.10. The van der Waals surface area contributed by atoms with Crippen LogP contribution in [0.25, 0.3) is 0 Å². The van der Waals surface area contributed by atoms with Gasteiger partial charge in [-0.25, -0.2) is 0 Å². The smallest absolute Gasteiger partial charge is 0.0157 e. The standard InChI is InChI=1S/C13H26N2/c1-2-15-9-5-6-12(11-15)10-13(14)7-3-4-8-13/h12H,2-11,14H2,1H3. The number of nitrogens with zero attached hydrogens (tertiary/aromatic N) is 1. The molecule has 2 N–H and O–H groups in total. The first kappa shape index (κ1) is 11.4. The van der Waals surface area contributed by atoms with Crippen molar-refractivity contribution in [1.82, 2.24) is 4.90 Å². The van der Waals surface area contributed by atoms with Gasteiger partial charge in [-0.3, -0.25) is 0 Å². The largest absolute Gasteiger partial charge is 0.325 e. The summed E-state index contributed by atoms with van der Waals surface area (Å²) in [5.41, 5.74) is 6.67. The maximum atomic E-state index is 6.46. The van der Waals surface area contributed by atoms with Crippen LogP contribution in [0.2, 0.25) is 0 Å². The molecule has 0 aromatic carbocycles. The molecule has 0 spiro atoms. The zero-order valence-corrected chi connectivity index (χ0v) is 10.2. The van der Waals surface area contributed by atoms with Crippen LogP contribution in [0.1, 0.15) is 51.9 Å². The van der Waals surface area contributed by atoms with Crippen LogP contribution >= 0.6 is 0 Å². The molecule has 2 rings (SSSR count). The van der Waals surface area contributed by atoms with Crippen molar-refractivity contribution < 1.29 is 0 Å². The lowest BCUT2D eigenvalue weighted by molar-refractivity contribution is 0.154. The summed E-state index contributed by atoms with van der Waals surface area (Å²) in [4.78, 5) is 2.59. The highest BCUT2D eigenvalue weighted by molar-refractivity contribution is 4.92. The minimum Gasteiger partial charge on any atom is -0.325 e. The highest BCUT2D eigenvalue weighted by Gasteiger charge is 2.33. The summed E-state index contributed by atoms with van der Waals surface area (Å²) in [6, 6.07) is 0. The summed E-state index contributed by atoms with van der Waals surface area (Å²) in [6.07, 6.45) is 9.35. The molecule has 1 saturated heterocycles. The lowest BCUT2D eigenvalue weighted by atomic mass is 9.83. The van der Waals surface area contributed by atoms with E-state index < -0.39 is 0 Å². The molecular weight excluding hydrogens is 184 g/mol. The van der Waals surface area contributed by atoms with Crippen LogP contribution in [0.3, 0.4) is 0 Å². The van der Waals surface area contributed by atoms with Crippen LogP contribution in [-0.4, -0.2) is 30.1 Å². The van der Waals surface area contributed by atoms with Gasteiger partial charge >= 0.3 is 0 Å². The molecule has 1 saturated carbocycles. The van der Waals surface area contributed by atoms with E-state index in [1.165, 1.54) is 64.6 Å². The lowest BCUT2D eigenvalue weighted by Gasteiger charge is -2.36. The zero-order valence-electron chi connectivity index (χ0n) is 10.2. The second-order valence-corrected chi connectivity index (χ2v) is 5.68. The Kier molecular flexibility index (Phi) is 3.68. The normalized spacial score (nSPS) is 32.0. The van der Waals surface area contributed by atoms with Gasteiger partial charge in [0.05, 0.1) is 0 Å². The maximum Gasteiger partial charge on any atom is 0.0157 e. The van der Waals surface area contributed by atoms with Gasteiger partial charge in [0.1, 0.15) is 0 Å². The second kappa shape index (κ2) is 4.84. The van der Waals surface area contributed by atoms with Gasteiger partial charge < -0.3 is 10.6 Å². The van der Waals surface area contributed by atoms with Gasteiger partial charge in [-0.2, -0.15) is 0 Å². The van der Waals surface area contributed by atoms with Crippen molar-refractivity contribution in [3.05, 3.63) is 0 Å². The zero-order chi connectivity index (χ0) is 10.7. The number of rotatable bonds is 3. The molecule has 1 unspecified atom stereocenters. The second-order valence-electron chi connectivity index (χ2n) is 5.68. The molecule has 2 heteroatoms. The van der Waals surface area contributed by atoms with E-state index in [1.807, 2.05) is 0 Å². The van der Waals surface area contributed by atoms with Crippen LogP contribution in [0.15, 0.2) is 0 Å². The number of likely N-dealkylation sites (tertiary alicyclic amines) is 1. The average Bonchev–Trinajstić information content (AvgIpc) is 2.65. The van der Waals surface area contributed by atoms with Crippen molar-refractivity contribution in [2.45, 2.75) is 57.4 Å². The number of hydrogen-bond acceptors (Lipinski definition) is 2. The van der Waals surface area contributed by atoms with Crippen molar-refractivity contribution in [3.63, 3.8) is 0 Å². The van der Waals surface area contributed by atoms with E-state index >= 15 is 0 Å². The van der Waals surface area contributed by atoms with Gasteiger partial charge in [-0.1, -0.05) is 19.8 Å². The third kappa shape index (κ3) is 2.94. The van der Waals surface area contributed by atoms with Crippen molar-refractivity contribution in [2.75, 3.05) is 19.6 Å². The van der Waals surface area contributed by atoms with Gasteiger partial charge in [0.2, 0.25) is 0 Å². The monoisotopic (exact) mass is 210 g/mol. The number of piperidine rings is 1. The summed E-state index contributed by atoms with van der Waals surface area (Å²) in [7, 11) is 0. The van der Waals surface area contributed by atoms with E-state index in [4.69, 9.17) is 5.73 Å². The minimum absolute atomic E-state index is 0.210. The Balaban J connectivity index is 1.83. The molecule has 0 aromatic heterocycles. The summed E-state index contributed by atoms with van der Waals surface area (Å²) in [5, 5.41) is 0. The fraction of sp³-hybridized carbons (Fsp3) is 1.00. The van der Waals surface area contributed by atoms with Gasteiger partial charge in [0.25, 0.3) is 0 Å². The average molecular weight is 210 g/mol. The molecule has 1 aliphatic heterocycles. The van der Waals surface area contributed by atoms with Crippen molar-refractivity contribution >= 4 is 0 Å².